The Kier molecular flexibility index (Phi) is 8.12. The van der Waals surface area contributed by atoms with E-state index in [1.807, 2.05) is 55.1 Å². The van der Waals surface area contributed by atoms with E-state index in [9.17, 15) is 9.90 Å². The molecule has 0 atom stereocenters. The molecule has 1 heterocycles. The molecule has 2 N–H and O–H groups in total. The summed E-state index contributed by atoms with van der Waals surface area (Å²) in [5.41, 5.74) is 6.07. The molecule has 1 fully saturated rings. The number of aldehydes is 1. The fourth-order valence-corrected chi connectivity index (χ4v) is 5.57. The molecular formula is C31H34ClN5O2. The quantitative estimate of drug-likeness (QED) is 0.252. The van der Waals surface area contributed by atoms with Crippen molar-refractivity contribution in [3.8, 4) is 22.5 Å². The number of benzene rings is 3. The zero-order valence-corrected chi connectivity index (χ0v) is 23.2. The van der Waals surface area contributed by atoms with Crippen LogP contribution < -0.4 is 10.2 Å². The van der Waals surface area contributed by atoms with Crippen molar-refractivity contribution in [1.82, 2.24) is 20.1 Å². The van der Waals surface area contributed by atoms with Gasteiger partial charge in [-0.3, -0.25) is 4.79 Å². The summed E-state index contributed by atoms with van der Waals surface area (Å²) in [7, 11) is 3.94. The molecule has 1 saturated carbocycles. The molecule has 0 unspecified atom stereocenters. The van der Waals surface area contributed by atoms with Crippen molar-refractivity contribution in [3.05, 3.63) is 88.7 Å². The summed E-state index contributed by atoms with van der Waals surface area (Å²) in [4.78, 5) is 14.1. The van der Waals surface area contributed by atoms with Crippen molar-refractivity contribution in [1.29, 1.82) is 0 Å². The minimum atomic E-state index is -0.592. The van der Waals surface area contributed by atoms with Gasteiger partial charge in [0.25, 0.3) is 0 Å². The first-order valence-corrected chi connectivity index (χ1v) is 13.7. The Balaban J connectivity index is 1.32. The van der Waals surface area contributed by atoms with Crippen LogP contribution in [0.1, 0.15) is 47.2 Å². The number of halogens is 1. The van der Waals surface area contributed by atoms with E-state index in [0.29, 0.717) is 30.2 Å². The molecule has 0 aliphatic heterocycles. The Morgan fingerprint density at radius 3 is 2.67 bits per heavy atom. The third kappa shape index (κ3) is 6.22. The van der Waals surface area contributed by atoms with E-state index in [-0.39, 0.29) is 0 Å². The van der Waals surface area contributed by atoms with E-state index < -0.39 is 5.60 Å². The fourth-order valence-electron chi connectivity index (χ4n) is 5.40. The number of aliphatic hydroxyl groups is 1. The number of hydrogen-bond acceptors (Lipinski definition) is 6. The van der Waals surface area contributed by atoms with Crippen molar-refractivity contribution in [2.75, 3.05) is 18.5 Å². The first-order valence-electron chi connectivity index (χ1n) is 13.3. The molecule has 0 spiro atoms. The lowest BCUT2D eigenvalue weighted by Gasteiger charge is -2.23. The number of hydrogen-bond donors (Lipinski definition) is 2. The highest BCUT2D eigenvalue weighted by atomic mass is 35.5. The maximum atomic E-state index is 12.0. The highest BCUT2D eigenvalue weighted by Crippen LogP contribution is 2.35. The lowest BCUT2D eigenvalue weighted by Crippen LogP contribution is -2.37. The second-order valence-electron chi connectivity index (χ2n) is 10.5. The number of aryl methyl sites for hydroxylation is 1. The number of carbonyl (C=O) groups is 1. The molecule has 1 aliphatic rings. The summed E-state index contributed by atoms with van der Waals surface area (Å²) in [6, 6.07) is 20.1. The van der Waals surface area contributed by atoms with Crippen molar-refractivity contribution < 1.29 is 9.90 Å². The topological polar surface area (TPSA) is 83.3 Å². The van der Waals surface area contributed by atoms with Gasteiger partial charge in [-0.25, -0.2) is 0 Å². The van der Waals surface area contributed by atoms with Gasteiger partial charge in [0.05, 0.1) is 5.60 Å². The van der Waals surface area contributed by atoms with Crippen LogP contribution in [0.5, 0.6) is 0 Å². The molecule has 1 aliphatic carbocycles. The van der Waals surface area contributed by atoms with Crippen LogP contribution in [-0.2, 0) is 20.1 Å². The van der Waals surface area contributed by atoms with Gasteiger partial charge in [0.1, 0.15) is 12.6 Å². The lowest BCUT2D eigenvalue weighted by molar-refractivity contribution is 0.0475. The van der Waals surface area contributed by atoms with E-state index in [1.165, 1.54) is 0 Å². The minimum Gasteiger partial charge on any atom is -0.389 e. The fraction of sp³-hybridized carbons (Fsp3) is 0.323. The summed E-state index contributed by atoms with van der Waals surface area (Å²) in [5.74, 6) is 0.744. The number of nitrogens with zero attached hydrogens (tertiary/aromatic N) is 4. The van der Waals surface area contributed by atoms with Crippen LogP contribution in [0.2, 0.25) is 5.02 Å². The van der Waals surface area contributed by atoms with Gasteiger partial charge < -0.3 is 19.9 Å². The second-order valence-corrected chi connectivity index (χ2v) is 11.0. The average Bonchev–Trinajstić information content (AvgIpc) is 3.57. The van der Waals surface area contributed by atoms with Crippen LogP contribution in [-0.4, -0.2) is 45.4 Å². The van der Waals surface area contributed by atoms with Crippen LogP contribution in [0.15, 0.2) is 67.0 Å². The van der Waals surface area contributed by atoms with Gasteiger partial charge >= 0.3 is 0 Å². The van der Waals surface area contributed by atoms with Crippen LogP contribution in [0.3, 0.4) is 0 Å². The number of nitrogens with one attached hydrogen (secondary N) is 1. The highest BCUT2D eigenvalue weighted by molar-refractivity contribution is 6.31. The molecule has 39 heavy (non-hydrogen) atoms. The Bertz CT molecular complexity index is 1460. The van der Waals surface area contributed by atoms with E-state index in [2.05, 4.69) is 44.7 Å². The zero-order chi connectivity index (χ0) is 27.4. The third-order valence-corrected chi connectivity index (χ3v) is 7.83. The van der Waals surface area contributed by atoms with Crippen LogP contribution in [0, 0.1) is 0 Å². The molecule has 5 rings (SSSR count). The van der Waals surface area contributed by atoms with Gasteiger partial charge in [0.15, 0.2) is 5.82 Å². The van der Waals surface area contributed by atoms with Gasteiger partial charge in [-0.15, -0.1) is 10.2 Å². The van der Waals surface area contributed by atoms with Gasteiger partial charge in [-0.05, 0) is 65.4 Å². The van der Waals surface area contributed by atoms with Crippen molar-refractivity contribution in [3.63, 3.8) is 0 Å². The van der Waals surface area contributed by atoms with Crippen LogP contribution >= 0.6 is 11.6 Å². The first kappa shape index (κ1) is 27.1. The van der Waals surface area contributed by atoms with Crippen molar-refractivity contribution in [2.45, 2.75) is 44.4 Å². The van der Waals surface area contributed by atoms with E-state index in [1.54, 1.807) is 6.33 Å². The molecule has 3 aromatic carbocycles. The maximum Gasteiger partial charge on any atom is 0.164 e. The summed E-state index contributed by atoms with van der Waals surface area (Å²) in [6.07, 6.45) is 6.47. The minimum absolute atomic E-state index is 0.580. The molecule has 0 amide bonds. The SMILES string of the molecule is CN(Cc1ccc(CNCC2(O)CCCC2)cc1C=O)c1cccc(-c2ccc(Cl)cc2-c2nncn2C)c1. The molecule has 202 valence electrons. The Labute approximate surface area is 234 Å². The van der Waals surface area contributed by atoms with E-state index in [4.69, 9.17) is 11.6 Å². The van der Waals surface area contributed by atoms with E-state index in [0.717, 1.165) is 71.3 Å². The van der Waals surface area contributed by atoms with Crippen LogP contribution in [0.4, 0.5) is 5.69 Å². The summed E-state index contributed by atoms with van der Waals surface area (Å²) in [5, 5.41) is 22.9. The van der Waals surface area contributed by atoms with Gasteiger partial charge in [-0.1, -0.05) is 54.8 Å². The molecular weight excluding hydrogens is 510 g/mol. The number of carbonyl (C=O) groups excluding carboxylic acids is 1. The average molecular weight is 544 g/mol. The standard InChI is InChI=1S/C31H34ClN5O2/c1-36(18-24-9-8-22(14-25(24)19-38)17-33-20-31(39)12-3-4-13-31)27-7-5-6-23(15-27)28-11-10-26(32)16-29(28)30-35-34-21-37(30)2/h5-11,14-16,19,21,33,39H,3-4,12-13,17-18,20H2,1-2H3. The highest BCUT2D eigenvalue weighted by Gasteiger charge is 2.30. The first-order chi connectivity index (χ1) is 18.8. The molecule has 4 aromatic rings. The Morgan fingerprint density at radius 1 is 1.10 bits per heavy atom. The third-order valence-electron chi connectivity index (χ3n) is 7.59. The monoisotopic (exact) mass is 543 g/mol. The number of aromatic nitrogens is 3. The Morgan fingerprint density at radius 2 is 1.92 bits per heavy atom. The maximum absolute atomic E-state index is 12.0. The van der Waals surface area contributed by atoms with Crippen molar-refractivity contribution in [2.24, 2.45) is 7.05 Å². The molecule has 0 saturated heterocycles. The molecule has 7 nitrogen and oxygen atoms in total. The van der Waals surface area contributed by atoms with Gasteiger partial charge in [-0.2, -0.15) is 0 Å². The Hall–Kier alpha value is -3.52. The second kappa shape index (κ2) is 11.7. The smallest absolute Gasteiger partial charge is 0.164 e. The normalized spacial score (nSPS) is 14.5. The van der Waals surface area contributed by atoms with Gasteiger partial charge in [0.2, 0.25) is 0 Å². The summed E-state index contributed by atoms with van der Waals surface area (Å²) >= 11 is 6.34. The van der Waals surface area contributed by atoms with Crippen LogP contribution in [0.25, 0.3) is 22.5 Å². The molecule has 0 bridgehead atoms. The number of rotatable bonds is 10. The number of anilines is 1. The largest absolute Gasteiger partial charge is 0.389 e. The van der Waals surface area contributed by atoms with Crippen molar-refractivity contribution >= 4 is 23.6 Å². The zero-order valence-electron chi connectivity index (χ0n) is 22.4. The van der Waals surface area contributed by atoms with E-state index >= 15 is 0 Å². The van der Waals surface area contributed by atoms with Gasteiger partial charge in [0, 0.05) is 55.6 Å². The molecule has 0 radical (unpaired) electrons. The summed E-state index contributed by atoms with van der Waals surface area (Å²) < 4.78 is 1.88. The molecule has 8 heteroatoms. The predicted octanol–water partition coefficient (Wildman–Crippen LogP) is 5.65. The predicted molar refractivity (Wildman–Crippen MR) is 156 cm³/mol. The lowest BCUT2D eigenvalue weighted by atomic mass is 9.98. The molecule has 1 aromatic heterocycles. The summed E-state index contributed by atoms with van der Waals surface area (Å²) in [6.45, 7) is 1.79.